The molecular weight excluding hydrogens is 287 g/mol. The number of nitrogens with one attached hydrogen (secondary N) is 3. The maximum absolute atomic E-state index is 11.7. The van der Waals surface area contributed by atoms with Crippen LogP contribution in [0, 0.1) is 0 Å². The molecule has 19 heavy (non-hydrogen) atoms. The van der Waals surface area contributed by atoms with E-state index in [1.165, 1.54) is 0 Å². The summed E-state index contributed by atoms with van der Waals surface area (Å²) < 4.78 is 0. The second kappa shape index (κ2) is 6.45. The van der Waals surface area contributed by atoms with E-state index in [9.17, 15) is 4.79 Å². The average molecular weight is 299 g/mol. The van der Waals surface area contributed by atoms with E-state index in [4.69, 9.17) is 23.2 Å². The highest BCUT2D eigenvalue weighted by Gasteiger charge is 2.06. The molecule has 3 N–H and O–H groups in total. The molecule has 0 aliphatic heterocycles. The van der Waals surface area contributed by atoms with Crippen LogP contribution in [0.2, 0.25) is 10.0 Å². The van der Waals surface area contributed by atoms with E-state index in [0.717, 1.165) is 5.69 Å². The summed E-state index contributed by atoms with van der Waals surface area (Å²) >= 11 is 11.8. The molecule has 2 rings (SSSR count). The Balaban J connectivity index is 1.82. The van der Waals surface area contributed by atoms with Crippen molar-refractivity contribution < 1.29 is 4.79 Å². The number of aromatic amines is 1. The summed E-state index contributed by atoms with van der Waals surface area (Å²) in [6.45, 7) is 0.492. The van der Waals surface area contributed by atoms with Gasteiger partial charge in [0.15, 0.2) is 0 Å². The lowest BCUT2D eigenvalue weighted by Gasteiger charge is -2.08. The molecule has 7 heteroatoms. The fraction of sp³-hybridized carbons (Fsp3) is 0.167. The topological polar surface area (TPSA) is 69.8 Å². The van der Waals surface area contributed by atoms with Crippen LogP contribution in [0.25, 0.3) is 0 Å². The smallest absolute Gasteiger partial charge is 0.319 e. The maximum atomic E-state index is 11.7. The normalized spacial score (nSPS) is 10.2. The molecule has 0 spiro atoms. The summed E-state index contributed by atoms with van der Waals surface area (Å²) in [6.07, 6.45) is 3.99. The van der Waals surface area contributed by atoms with Gasteiger partial charge in [-0.3, -0.25) is 0 Å². The Bertz CT molecular complexity index is 557. The fourth-order valence-corrected chi connectivity index (χ4v) is 1.83. The number of aromatic nitrogens is 2. The van der Waals surface area contributed by atoms with Crippen LogP contribution < -0.4 is 10.6 Å². The number of amides is 2. The summed E-state index contributed by atoms with van der Waals surface area (Å²) in [7, 11) is 0. The number of benzene rings is 1. The first kappa shape index (κ1) is 13.7. The number of imidazole rings is 1. The Hall–Kier alpha value is -1.72. The van der Waals surface area contributed by atoms with E-state index in [1.807, 2.05) is 0 Å². The second-order valence-corrected chi connectivity index (χ2v) is 4.68. The number of anilines is 1. The molecule has 100 valence electrons. The summed E-state index contributed by atoms with van der Waals surface area (Å²) in [5.74, 6) is 0. The van der Waals surface area contributed by atoms with Crippen LogP contribution in [-0.4, -0.2) is 22.5 Å². The van der Waals surface area contributed by atoms with E-state index >= 15 is 0 Å². The molecule has 2 aromatic rings. The first-order valence-electron chi connectivity index (χ1n) is 5.62. The molecule has 0 saturated heterocycles. The van der Waals surface area contributed by atoms with Crippen molar-refractivity contribution in [3.8, 4) is 0 Å². The van der Waals surface area contributed by atoms with Crippen molar-refractivity contribution in [1.29, 1.82) is 0 Å². The molecule has 1 heterocycles. The summed E-state index contributed by atoms with van der Waals surface area (Å²) in [5.41, 5.74) is 1.44. The molecule has 0 radical (unpaired) electrons. The van der Waals surface area contributed by atoms with Gasteiger partial charge in [0.25, 0.3) is 0 Å². The van der Waals surface area contributed by atoms with Crippen molar-refractivity contribution in [2.75, 3.05) is 11.9 Å². The number of nitrogens with zero attached hydrogens (tertiary/aromatic N) is 1. The highest BCUT2D eigenvalue weighted by molar-refractivity contribution is 6.35. The van der Waals surface area contributed by atoms with Gasteiger partial charge in [0.1, 0.15) is 0 Å². The number of carbonyl (C=O) groups excluding carboxylic acids is 1. The third-order valence-electron chi connectivity index (χ3n) is 2.41. The van der Waals surface area contributed by atoms with Gasteiger partial charge in [-0.1, -0.05) is 23.2 Å². The predicted molar refractivity (Wildman–Crippen MR) is 75.8 cm³/mol. The van der Waals surface area contributed by atoms with Crippen LogP contribution in [0.15, 0.2) is 30.7 Å². The van der Waals surface area contributed by atoms with Crippen molar-refractivity contribution in [3.05, 3.63) is 46.5 Å². The minimum absolute atomic E-state index is 0.330. The Labute approximate surface area is 120 Å². The minimum atomic E-state index is -0.330. The highest BCUT2D eigenvalue weighted by atomic mass is 35.5. The molecule has 0 saturated carbocycles. The Kier molecular flexibility index (Phi) is 4.65. The molecule has 0 aliphatic rings. The molecule has 1 aromatic heterocycles. The quantitative estimate of drug-likeness (QED) is 0.812. The number of H-pyrrole nitrogens is 1. The first-order chi connectivity index (χ1) is 9.15. The van der Waals surface area contributed by atoms with Gasteiger partial charge in [0.2, 0.25) is 0 Å². The standard InChI is InChI=1S/C12H12Cl2N4O/c13-8-1-2-10(14)11(5-8)18-12(19)16-4-3-9-6-15-7-17-9/h1-2,5-7H,3-4H2,(H,15,17)(H2,16,18,19). The molecule has 1 aromatic carbocycles. The highest BCUT2D eigenvalue weighted by Crippen LogP contribution is 2.25. The molecule has 0 bridgehead atoms. The lowest BCUT2D eigenvalue weighted by atomic mass is 10.3. The molecule has 2 amide bonds. The van der Waals surface area contributed by atoms with E-state index in [2.05, 4.69) is 20.6 Å². The molecule has 0 atom stereocenters. The number of halogens is 2. The van der Waals surface area contributed by atoms with Crippen LogP contribution in [-0.2, 0) is 6.42 Å². The van der Waals surface area contributed by atoms with Gasteiger partial charge < -0.3 is 15.6 Å². The summed E-state index contributed by atoms with van der Waals surface area (Å²) in [5, 5.41) is 6.30. The number of carbonyl (C=O) groups is 1. The lowest BCUT2D eigenvalue weighted by molar-refractivity contribution is 0.252. The average Bonchev–Trinajstić information content (AvgIpc) is 2.87. The maximum Gasteiger partial charge on any atom is 0.319 e. The first-order valence-corrected chi connectivity index (χ1v) is 6.38. The van der Waals surface area contributed by atoms with Gasteiger partial charge in [-0.2, -0.15) is 0 Å². The van der Waals surface area contributed by atoms with Gasteiger partial charge in [-0.25, -0.2) is 9.78 Å². The van der Waals surface area contributed by atoms with Gasteiger partial charge in [-0.05, 0) is 18.2 Å². The molecular formula is C12H12Cl2N4O. The predicted octanol–water partition coefficient (Wildman–Crippen LogP) is 3.08. The van der Waals surface area contributed by atoms with Crippen LogP contribution in [0.1, 0.15) is 5.69 Å². The Morgan fingerprint density at radius 1 is 1.37 bits per heavy atom. The van der Waals surface area contributed by atoms with Crippen molar-refractivity contribution in [3.63, 3.8) is 0 Å². The number of hydrogen-bond acceptors (Lipinski definition) is 2. The van der Waals surface area contributed by atoms with E-state index < -0.39 is 0 Å². The van der Waals surface area contributed by atoms with Crippen LogP contribution in [0.4, 0.5) is 10.5 Å². The third kappa shape index (κ3) is 4.15. The summed E-state index contributed by atoms with van der Waals surface area (Å²) in [4.78, 5) is 18.5. The van der Waals surface area contributed by atoms with Crippen LogP contribution in [0.3, 0.4) is 0 Å². The van der Waals surface area contributed by atoms with Crippen molar-refractivity contribution in [2.24, 2.45) is 0 Å². The zero-order valence-corrected chi connectivity index (χ0v) is 11.4. The zero-order chi connectivity index (χ0) is 13.7. The number of urea groups is 1. The van der Waals surface area contributed by atoms with E-state index in [0.29, 0.717) is 28.7 Å². The fourth-order valence-electron chi connectivity index (χ4n) is 1.49. The van der Waals surface area contributed by atoms with Gasteiger partial charge in [-0.15, -0.1) is 0 Å². The minimum Gasteiger partial charge on any atom is -0.348 e. The molecule has 0 aliphatic carbocycles. The third-order valence-corrected chi connectivity index (χ3v) is 2.98. The molecule has 0 unspecified atom stereocenters. The largest absolute Gasteiger partial charge is 0.348 e. The van der Waals surface area contributed by atoms with E-state index in [1.54, 1.807) is 30.7 Å². The van der Waals surface area contributed by atoms with Crippen LogP contribution in [0.5, 0.6) is 0 Å². The molecule has 0 fully saturated rings. The Morgan fingerprint density at radius 3 is 2.95 bits per heavy atom. The van der Waals surface area contributed by atoms with Crippen molar-refractivity contribution >= 4 is 34.9 Å². The Morgan fingerprint density at radius 2 is 2.21 bits per heavy atom. The number of hydrogen-bond donors (Lipinski definition) is 3. The second-order valence-electron chi connectivity index (χ2n) is 3.83. The van der Waals surface area contributed by atoms with Crippen LogP contribution >= 0.6 is 23.2 Å². The molecule has 5 nitrogen and oxygen atoms in total. The SMILES string of the molecule is O=C(NCCc1cnc[nH]1)Nc1cc(Cl)ccc1Cl. The summed E-state index contributed by atoms with van der Waals surface area (Å²) in [6, 6.07) is 4.55. The van der Waals surface area contributed by atoms with E-state index in [-0.39, 0.29) is 6.03 Å². The van der Waals surface area contributed by atoms with Crippen molar-refractivity contribution in [1.82, 2.24) is 15.3 Å². The van der Waals surface area contributed by atoms with Crippen molar-refractivity contribution in [2.45, 2.75) is 6.42 Å². The van der Waals surface area contributed by atoms with Gasteiger partial charge >= 0.3 is 6.03 Å². The van der Waals surface area contributed by atoms with Gasteiger partial charge in [0.05, 0.1) is 17.0 Å². The zero-order valence-electron chi connectivity index (χ0n) is 9.91. The lowest BCUT2D eigenvalue weighted by Crippen LogP contribution is -2.30. The monoisotopic (exact) mass is 298 g/mol. The van der Waals surface area contributed by atoms with Gasteiger partial charge in [0, 0.05) is 29.9 Å². The number of rotatable bonds is 4.